The molecule has 0 aromatic rings. The smallest absolute Gasteiger partial charge is 0.310 e. The van der Waals surface area contributed by atoms with Crippen molar-refractivity contribution in [3.05, 3.63) is 0 Å². The minimum Gasteiger partial charge on any atom is -0.481 e. The van der Waals surface area contributed by atoms with Crippen molar-refractivity contribution in [2.45, 2.75) is 94.6 Å². The SMILES string of the molecule is CC(=O)NC1C(O)C(O)C(CO)O[C@@]1(O)NC(=O)CCOC(=O)C(C(C)C(C)(C)C(=O)O)C(C)(C)SC1CC(=O)NC1=O. The van der Waals surface area contributed by atoms with E-state index in [0.717, 1.165) is 18.7 Å². The number of amides is 4. The van der Waals surface area contributed by atoms with Crippen LogP contribution in [0.2, 0.25) is 0 Å². The summed E-state index contributed by atoms with van der Waals surface area (Å²) in [5.41, 5.74) is -1.43. The monoisotopic (exact) mass is 635 g/mol. The zero-order chi connectivity index (χ0) is 33.1. The molecule has 0 bridgehead atoms. The topological polar surface area (TPSA) is 258 Å². The van der Waals surface area contributed by atoms with Crippen molar-refractivity contribution in [1.82, 2.24) is 16.0 Å². The molecule has 2 aliphatic heterocycles. The van der Waals surface area contributed by atoms with E-state index in [2.05, 4.69) is 16.0 Å². The average molecular weight is 636 g/mol. The van der Waals surface area contributed by atoms with E-state index in [4.69, 9.17) is 9.47 Å². The molecule has 17 heteroatoms. The molecule has 43 heavy (non-hydrogen) atoms. The van der Waals surface area contributed by atoms with Gasteiger partial charge in [0.05, 0.1) is 29.6 Å². The minimum absolute atomic E-state index is 0.112. The van der Waals surface area contributed by atoms with Gasteiger partial charge < -0.3 is 45.6 Å². The maximum atomic E-state index is 13.5. The molecule has 8 N–H and O–H groups in total. The number of hydrogen-bond donors (Lipinski definition) is 8. The number of carbonyl (C=O) groups excluding carboxylic acids is 5. The van der Waals surface area contributed by atoms with Crippen molar-refractivity contribution in [3.63, 3.8) is 0 Å². The van der Waals surface area contributed by atoms with Crippen LogP contribution in [0.1, 0.15) is 54.4 Å². The van der Waals surface area contributed by atoms with Crippen molar-refractivity contribution in [2.75, 3.05) is 13.2 Å². The van der Waals surface area contributed by atoms with Gasteiger partial charge in [-0.05, 0) is 33.6 Å². The van der Waals surface area contributed by atoms with Gasteiger partial charge in [-0.3, -0.25) is 34.1 Å². The predicted molar refractivity (Wildman–Crippen MR) is 148 cm³/mol. The zero-order valence-corrected chi connectivity index (χ0v) is 25.6. The normalized spacial score (nSPS) is 29.3. The van der Waals surface area contributed by atoms with Crippen LogP contribution in [0.25, 0.3) is 0 Å². The quantitative estimate of drug-likeness (QED) is 0.0596. The van der Waals surface area contributed by atoms with E-state index in [1.54, 1.807) is 20.8 Å². The largest absolute Gasteiger partial charge is 0.481 e. The lowest BCUT2D eigenvalue weighted by molar-refractivity contribution is -0.328. The minimum atomic E-state index is -2.76. The van der Waals surface area contributed by atoms with Crippen LogP contribution in [0.4, 0.5) is 0 Å². The van der Waals surface area contributed by atoms with E-state index in [-0.39, 0.29) is 6.42 Å². The van der Waals surface area contributed by atoms with E-state index in [1.165, 1.54) is 13.8 Å². The van der Waals surface area contributed by atoms with Crippen LogP contribution >= 0.6 is 11.8 Å². The van der Waals surface area contributed by atoms with E-state index in [0.29, 0.717) is 0 Å². The summed E-state index contributed by atoms with van der Waals surface area (Å²) < 4.78 is 9.45. The highest BCUT2D eigenvalue weighted by Gasteiger charge is 2.55. The molecule has 4 amide bonds. The number of aliphatic hydroxyl groups excluding tert-OH is 3. The summed E-state index contributed by atoms with van der Waals surface area (Å²) in [6.45, 7) is 7.30. The summed E-state index contributed by atoms with van der Waals surface area (Å²) in [6.07, 6.45) is -5.78. The number of carboxylic acids is 1. The van der Waals surface area contributed by atoms with E-state index in [1.807, 2.05) is 0 Å². The van der Waals surface area contributed by atoms with Crippen LogP contribution in [-0.2, 0) is 38.2 Å². The number of aliphatic carboxylic acids is 1. The van der Waals surface area contributed by atoms with Gasteiger partial charge in [0.15, 0.2) is 0 Å². The maximum Gasteiger partial charge on any atom is 0.310 e. The molecule has 0 aliphatic carbocycles. The number of ether oxygens (including phenoxy) is 2. The highest BCUT2D eigenvalue weighted by atomic mass is 32.2. The molecule has 0 spiro atoms. The molecule has 2 fully saturated rings. The summed E-state index contributed by atoms with van der Waals surface area (Å²) >= 11 is 1.03. The lowest BCUT2D eigenvalue weighted by atomic mass is 9.69. The van der Waals surface area contributed by atoms with Crippen molar-refractivity contribution >= 4 is 47.3 Å². The first-order valence-corrected chi connectivity index (χ1v) is 14.4. The predicted octanol–water partition coefficient (Wildman–Crippen LogP) is -2.41. The Labute approximate surface area is 252 Å². The highest BCUT2D eigenvalue weighted by Crippen LogP contribution is 2.46. The van der Waals surface area contributed by atoms with E-state index >= 15 is 0 Å². The highest BCUT2D eigenvalue weighted by molar-refractivity contribution is 8.02. The summed E-state index contributed by atoms with van der Waals surface area (Å²) in [5, 5.41) is 56.3. The van der Waals surface area contributed by atoms with Crippen molar-refractivity contribution in [2.24, 2.45) is 17.3 Å². The number of carbonyl (C=O) groups is 6. The number of rotatable bonds is 13. The number of hydrogen-bond acceptors (Lipinski definition) is 13. The molecule has 2 rings (SSSR count). The zero-order valence-electron chi connectivity index (χ0n) is 24.8. The number of nitrogens with one attached hydrogen (secondary N) is 3. The van der Waals surface area contributed by atoms with Crippen LogP contribution in [-0.4, -0.2) is 115 Å². The number of carboxylic acid groups (broad SMARTS) is 1. The molecule has 2 heterocycles. The molecular formula is C26H41N3O13S. The first-order chi connectivity index (χ1) is 19.7. The van der Waals surface area contributed by atoms with Crippen LogP contribution in [0.3, 0.4) is 0 Å². The van der Waals surface area contributed by atoms with Gasteiger partial charge >= 0.3 is 11.9 Å². The summed E-state index contributed by atoms with van der Waals surface area (Å²) in [6, 6.07) is -1.74. The Morgan fingerprint density at radius 1 is 1.16 bits per heavy atom. The molecule has 16 nitrogen and oxygen atoms in total. The van der Waals surface area contributed by atoms with Gasteiger partial charge in [-0.1, -0.05) is 6.92 Å². The van der Waals surface area contributed by atoms with Gasteiger partial charge in [0.2, 0.25) is 23.6 Å². The summed E-state index contributed by atoms with van der Waals surface area (Å²) in [5.74, 6) is -9.53. The molecule has 0 aromatic heterocycles. The van der Waals surface area contributed by atoms with Crippen molar-refractivity contribution < 1.29 is 63.8 Å². The van der Waals surface area contributed by atoms with Crippen LogP contribution < -0.4 is 16.0 Å². The summed E-state index contributed by atoms with van der Waals surface area (Å²) in [7, 11) is 0. The molecule has 244 valence electrons. The van der Waals surface area contributed by atoms with E-state index in [9.17, 15) is 54.3 Å². The van der Waals surface area contributed by atoms with Crippen molar-refractivity contribution in [3.8, 4) is 0 Å². The third kappa shape index (κ3) is 8.42. The van der Waals surface area contributed by atoms with Gasteiger partial charge in [0.25, 0.3) is 5.91 Å². The molecule has 2 aliphatic rings. The third-order valence-electron chi connectivity index (χ3n) is 7.82. The Balaban J connectivity index is 2.19. The molecule has 7 unspecified atom stereocenters. The van der Waals surface area contributed by atoms with Crippen molar-refractivity contribution in [1.29, 1.82) is 0 Å². The molecule has 0 radical (unpaired) electrons. The average Bonchev–Trinajstić information content (AvgIpc) is 3.19. The fraction of sp³-hybridized carbons (Fsp3) is 0.769. The molecule has 0 saturated carbocycles. The first kappa shape index (κ1) is 36.4. The molecule has 8 atom stereocenters. The van der Waals surface area contributed by atoms with Gasteiger partial charge in [0.1, 0.15) is 31.0 Å². The third-order valence-corrected chi connectivity index (χ3v) is 9.35. The van der Waals surface area contributed by atoms with E-state index < -0.39 is 113 Å². The number of aliphatic hydroxyl groups is 4. The second-order valence-corrected chi connectivity index (χ2v) is 13.6. The summed E-state index contributed by atoms with van der Waals surface area (Å²) in [4.78, 5) is 73.8. The van der Waals surface area contributed by atoms with Gasteiger partial charge in [0, 0.05) is 18.1 Å². The Morgan fingerprint density at radius 2 is 1.77 bits per heavy atom. The Morgan fingerprint density at radius 3 is 2.26 bits per heavy atom. The molecule has 0 aromatic carbocycles. The lowest BCUT2D eigenvalue weighted by Gasteiger charge is -2.47. The number of thioether (sulfide) groups is 1. The fourth-order valence-electron chi connectivity index (χ4n) is 5.04. The Hall–Kier alpha value is -2.83. The Kier molecular flexibility index (Phi) is 11.7. The van der Waals surface area contributed by atoms with Gasteiger partial charge in [-0.15, -0.1) is 11.8 Å². The lowest BCUT2D eigenvalue weighted by Crippen LogP contribution is -2.75. The van der Waals surface area contributed by atoms with Crippen LogP contribution in [0.5, 0.6) is 0 Å². The van der Waals surface area contributed by atoms with Crippen LogP contribution in [0.15, 0.2) is 0 Å². The number of imide groups is 1. The molecular weight excluding hydrogens is 594 g/mol. The fourth-order valence-corrected chi connectivity index (χ4v) is 6.62. The Bertz CT molecular complexity index is 1120. The standard InChI is InChI=1S/C26H41N3O13S/c1-11(24(3,4)23(38)39)17(25(5,6)43-14-9-16(33)28-21(14)36)22(37)41-8-7-15(32)29-26(40)20(27-12(2)31)19(35)18(34)13(10-30)42-26/h11,13-14,17-20,30,34-35,40H,7-10H2,1-6H3,(H,27,31)(H,29,32)(H,38,39)(H,28,33,36)/t11?,13?,14?,17?,18?,19?,20?,26-/m1/s1. The van der Waals surface area contributed by atoms with Gasteiger partial charge in [-0.2, -0.15) is 0 Å². The first-order valence-electron chi connectivity index (χ1n) is 13.5. The second-order valence-electron chi connectivity index (χ2n) is 11.8. The number of esters is 1. The second kappa shape index (κ2) is 13.9. The maximum absolute atomic E-state index is 13.5. The molecule has 2 saturated heterocycles. The van der Waals surface area contributed by atoms with Crippen LogP contribution in [0, 0.1) is 17.3 Å². The van der Waals surface area contributed by atoms with Gasteiger partial charge in [-0.25, -0.2) is 0 Å².